The molecule has 0 amide bonds. The van der Waals surface area contributed by atoms with Crippen molar-refractivity contribution in [3.8, 4) is 94.8 Å². The molecule has 7 aliphatic rings. The first-order valence-corrected chi connectivity index (χ1v) is 44.9. The van der Waals surface area contributed by atoms with Gasteiger partial charge in [-0.1, -0.05) is 281 Å². The van der Waals surface area contributed by atoms with E-state index in [4.69, 9.17) is 9.47 Å². The van der Waals surface area contributed by atoms with Crippen LogP contribution in [0.2, 0.25) is 0 Å². The number of fused-ring (bicyclic) bond motifs is 25. The second-order valence-electron chi connectivity index (χ2n) is 34.6. The van der Waals surface area contributed by atoms with Crippen LogP contribution in [0, 0.1) is 11.3 Å². The highest BCUT2D eigenvalue weighted by atomic mass is 32.1. The molecule has 0 unspecified atom stereocenters. The Kier molecular flexibility index (Phi) is 20.2. The summed E-state index contributed by atoms with van der Waals surface area (Å²) < 4.78 is 12.8. The van der Waals surface area contributed by atoms with Crippen molar-refractivity contribution >= 4 is 40.4 Å². The summed E-state index contributed by atoms with van der Waals surface area (Å²) in [6.45, 7) is 30.1. The van der Waals surface area contributed by atoms with Crippen LogP contribution in [0.25, 0.3) is 83.3 Å². The average molecular weight is 1510 g/mol. The number of hydrogen-bond donors (Lipinski definition) is 1. The summed E-state index contributed by atoms with van der Waals surface area (Å²) in [7, 11) is 0. The fourth-order valence-corrected chi connectivity index (χ4v) is 26.7. The molecule has 1 aromatic heterocycles. The Labute approximate surface area is 678 Å². The maximum Gasteiger partial charge on any atom is 0.346 e. The Hall–Kier alpha value is -9.22. The number of nitrogens with zero attached hydrogens (tertiary/aromatic N) is 2. The number of ether oxygens (including phenoxy) is 2. The Morgan fingerprint density at radius 3 is 0.920 bits per heavy atom. The van der Waals surface area contributed by atoms with Gasteiger partial charge in [-0.2, -0.15) is 5.26 Å². The van der Waals surface area contributed by atoms with Gasteiger partial charge < -0.3 is 19.5 Å². The van der Waals surface area contributed by atoms with Crippen LogP contribution in [0.4, 0.5) is 17.1 Å². The smallest absolute Gasteiger partial charge is 0.346 e. The third-order valence-electron chi connectivity index (χ3n) is 28.4. The summed E-state index contributed by atoms with van der Waals surface area (Å²) in [5.74, 6) is -0.206. The summed E-state index contributed by atoms with van der Waals surface area (Å²) in [5, 5.41) is 20.2. The van der Waals surface area contributed by atoms with Crippen molar-refractivity contribution in [2.75, 3.05) is 18.1 Å². The molecular formula is C106H116N2O4S. The lowest BCUT2D eigenvalue weighted by Gasteiger charge is -2.39. The number of anilines is 3. The van der Waals surface area contributed by atoms with Gasteiger partial charge in [0, 0.05) is 49.6 Å². The first-order chi connectivity index (χ1) is 55.2. The lowest BCUT2D eigenvalue weighted by atomic mass is 9.64. The summed E-state index contributed by atoms with van der Waals surface area (Å²) in [6, 6.07) is 65.9. The Morgan fingerprint density at radius 2 is 0.637 bits per heavy atom. The highest BCUT2D eigenvalue weighted by Gasteiger charge is 2.60. The van der Waals surface area contributed by atoms with E-state index >= 15 is 0 Å². The molecule has 1 N–H and O–H groups in total. The van der Waals surface area contributed by atoms with Crippen LogP contribution in [0.5, 0.6) is 11.5 Å². The molecule has 1 aliphatic heterocycles. The van der Waals surface area contributed by atoms with Crippen molar-refractivity contribution in [2.24, 2.45) is 0 Å². The topological polar surface area (TPSA) is 82.8 Å². The molecule has 113 heavy (non-hydrogen) atoms. The van der Waals surface area contributed by atoms with Crippen LogP contribution in [0.3, 0.4) is 0 Å². The molecule has 10 aromatic rings. The fourth-order valence-electron chi connectivity index (χ4n) is 25.6. The minimum atomic E-state index is -1.27. The van der Waals surface area contributed by atoms with E-state index < -0.39 is 5.97 Å². The molecular weight excluding hydrogens is 1400 g/mol. The number of hydrogen-bond acceptors (Lipinski definition) is 6. The van der Waals surface area contributed by atoms with Crippen LogP contribution in [0.15, 0.2) is 163 Å². The van der Waals surface area contributed by atoms with Gasteiger partial charge in [0.1, 0.15) is 24.9 Å². The first kappa shape index (κ1) is 76.4. The molecule has 17 rings (SSSR count). The molecule has 7 heteroatoms. The number of nitriles is 1. The quantitative estimate of drug-likeness (QED) is 0.0357. The number of aliphatic carboxylic acids is 1. The van der Waals surface area contributed by atoms with Crippen LogP contribution in [-0.4, -0.2) is 24.3 Å². The summed E-state index contributed by atoms with van der Waals surface area (Å²) in [5.41, 5.74) is 39.5. The second kappa shape index (κ2) is 29.9. The number of carboxylic acids is 1. The molecule has 580 valence electrons. The van der Waals surface area contributed by atoms with Crippen LogP contribution in [-0.2, 0) is 37.3 Å². The van der Waals surface area contributed by atoms with E-state index in [1.54, 1.807) is 55.6 Å². The Bertz CT molecular complexity index is 5180. The lowest BCUT2D eigenvalue weighted by molar-refractivity contribution is -0.132. The zero-order valence-corrected chi connectivity index (χ0v) is 70.3. The number of benzene rings is 9. The van der Waals surface area contributed by atoms with Crippen LogP contribution in [0.1, 0.15) is 309 Å². The van der Waals surface area contributed by atoms with Crippen molar-refractivity contribution in [3.63, 3.8) is 0 Å². The highest BCUT2D eigenvalue weighted by molar-refractivity contribution is 7.17. The predicted molar refractivity (Wildman–Crippen MR) is 473 cm³/mol. The van der Waals surface area contributed by atoms with Gasteiger partial charge in [0.25, 0.3) is 0 Å². The van der Waals surface area contributed by atoms with Crippen molar-refractivity contribution in [1.82, 2.24) is 0 Å². The SMILES string of the molecule is CCCC1(CCC)c2ccccc2-c2c1c1c(c3c2C(CCC)(CCC)c2cc(N(c4ccc(-c5sc(/C=C(\C#N)C(=O)O)c6c5OCCO6)cc4)c4ccc5c(c4)C(CCC)(CCC)c4c6c(c7c(c4-5)C(CCC)(CCC)c4ccccc4-7)C(CCC)(CCC)c4ccccc4-6)ccc2-3)C(CCC)(CCC)c2ccccc2-1. The van der Waals surface area contributed by atoms with Crippen molar-refractivity contribution in [1.29, 1.82) is 5.26 Å². The monoisotopic (exact) mass is 1510 g/mol. The molecule has 0 atom stereocenters. The maximum atomic E-state index is 12.4. The molecule has 2 heterocycles. The largest absolute Gasteiger partial charge is 0.485 e. The van der Waals surface area contributed by atoms with Crippen molar-refractivity contribution < 1.29 is 19.4 Å². The molecule has 9 aromatic carbocycles. The number of rotatable bonds is 30. The first-order valence-electron chi connectivity index (χ1n) is 44.1. The maximum absolute atomic E-state index is 12.4. The minimum Gasteiger partial charge on any atom is -0.485 e. The summed E-state index contributed by atoms with van der Waals surface area (Å²) in [6.07, 6.45) is 27.4. The van der Waals surface area contributed by atoms with Gasteiger partial charge in [-0.25, -0.2) is 4.79 Å². The van der Waals surface area contributed by atoms with Gasteiger partial charge in [-0.15, -0.1) is 11.3 Å². The molecule has 0 saturated carbocycles. The molecule has 0 spiro atoms. The average Bonchev–Trinajstić information content (AvgIpc) is 1.49. The standard InChI is InChI=1S/C106H116N2O4S/c1-13-49-101(50-14-2)80-39-31-27-35-74(80)87-91(101)85-72-33-25-29-37-78(72)103(53-17-5,54-18-6)93(85)89-76-47-45-70(64-82(76)105(57-21-9,58-22-10)95(87)89)108(69-43-41-67(42-44-69)99-98-97(111-61-62-112-98)84(113-99)63-68(66-107)100(109)110)71-46-48-77-83(65-71)106(59-23-11,60-24-12)96-88-75-36-28-32-40-81(75)102(51-15-3,52-16-4)92(88)86-73-34-26-30-38-79(73)104(55-19-7,56-20-8)94(86)90(77)96/h25-48,63-65H,13-24,49-62H2,1-12H3,(H,109,110)/b68-63+. The van der Waals surface area contributed by atoms with Gasteiger partial charge in [-0.3, -0.25) is 0 Å². The van der Waals surface area contributed by atoms with Gasteiger partial charge >= 0.3 is 5.97 Å². The predicted octanol–water partition coefficient (Wildman–Crippen LogP) is 29.8. The molecule has 6 nitrogen and oxygen atoms in total. The molecule has 0 bridgehead atoms. The number of thiophene rings is 1. The van der Waals surface area contributed by atoms with Gasteiger partial charge in [0.05, 0.1) is 9.75 Å². The zero-order chi connectivity index (χ0) is 78.5. The molecule has 0 radical (unpaired) electrons. The Morgan fingerprint density at radius 1 is 0.372 bits per heavy atom. The van der Waals surface area contributed by atoms with E-state index in [0.29, 0.717) is 29.6 Å². The normalized spacial score (nSPS) is 16.5. The minimum absolute atomic E-state index is 0.145. The van der Waals surface area contributed by atoms with E-state index in [1.165, 1.54) is 95.3 Å². The Balaban J connectivity index is 0.974. The fraction of sp³-hybridized carbons (Fsp3) is 0.415. The van der Waals surface area contributed by atoms with Gasteiger partial charge in [0.2, 0.25) is 0 Å². The van der Waals surface area contributed by atoms with Gasteiger partial charge in [0.15, 0.2) is 11.5 Å². The molecule has 6 aliphatic carbocycles. The highest BCUT2D eigenvalue weighted by Crippen LogP contribution is 2.75. The van der Waals surface area contributed by atoms with Gasteiger partial charge in [-0.05, 0) is 259 Å². The third kappa shape index (κ3) is 10.7. The van der Waals surface area contributed by atoms with E-state index in [0.717, 1.165) is 182 Å². The zero-order valence-electron chi connectivity index (χ0n) is 69.4. The third-order valence-corrected chi connectivity index (χ3v) is 29.5. The number of carboxylic acid groups (broad SMARTS) is 1. The summed E-state index contributed by atoms with van der Waals surface area (Å²) in [4.78, 5) is 16.5. The lowest BCUT2D eigenvalue weighted by Crippen LogP contribution is -2.30. The van der Waals surface area contributed by atoms with Crippen LogP contribution >= 0.6 is 11.3 Å². The summed E-state index contributed by atoms with van der Waals surface area (Å²) >= 11 is 1.41. The number of carbonyl (C=O) groups is 1. The van der Waals surface area contributed by atoms with E-state index in [9.17, 15) is 15.2 Å². The van der Waals surface area contributed by atoms with E-state index in [-0.39, 0.29) is 38.1 Å². The van der Waals surface area contributed by atoms with Crippen molar-refractivity contribution in [3.05, 3.63) is 235 Å². The molecule has 0 fully saturated rings. The second-order valence-corrected chi connectivity index (χ2v) is 35.7. The van der Waals surface area contributed by atoms with Crippen molar-refractivity contribution in [2.45, 2.75) is 270 Å². The van der Waals surface area contributed by atoms with E-state index in [2.05, 4.69) is 246 Å². The van der Waals surface area contributed by atoms with Crippen LogP contribution < -0.4 is 14.4 Å². The van der Waals surface area contributed by atoms with E-state index in [1.807, 2.05) is 6.07 Å². The molecule has 0 saturated heterocycles.